The average Bonchev–Trinajstić information content (AvgIpc) is 2.82. The van der Waals surface area contributed by atoms with Crippen molar-refractivity contribution in [3.63, 3.8) is 0 Å². The second kappa shape index (κ2) is 9.53. The lowest BCUT2D eigenvalue weighted by atomic mass is 10.1. The normalized spacial score (nSPS) is 10.9. The van der Waals surface area contributed by atoms with Crippen molar-refractivity contribution in [3.8, 4) is 11.5 Å². The Morgan fingerprint density at radius 3 is 2.00 bits per heavy atom. The molecular formula is C23H24N2O5S. The number of sulfonamides is 1. The number of hydrogen-bond acceptors (Lipinski definition) is 5. The van der Waals surface area contributed by atoms with Crippen molar-refractivity contribution >= 4 is 21.6 Å². The molecule has 0 atom stereocenters. The van der Waals surface area contributed by atoms with Gasteiger partial charge in [-0.15, -0.1) is 0 Å². The largest absolute Gasteiger partial charge is 0.496 e. The van der Waals surface area contributed by atoms with E-state index in [9.17, 15) is 13.2 Å². The van der Waals surface area contributed by atoms with Crippen LogP contribution in [0.25, 0.3) is 0 Å². The Labute approximate surface area is 182 Å². The molecule has 3 rings (SSSR count). The van der Waals surface area contributed by atoms with E-state index >= 15 is 0 Å². The molecule has 0 spiro atoms. The molecule has 0 fully saturated rings. The number of hydrogen-bond donors (Lipinski definition) is 1. The van der Waals surface area contributed by atoms with Gasteiger partial charge in [0.25, 0.3) is 15.9 Å². The van der Waals surface area contributed by atoms with Gasteiger partial charge in [-0.1, -0.05) is 24.3 Å². The fraction of sp³-hybridized carbons (Fsp3) is 0.174. The van der Waals surface area contributed by atoms with Gasteiger partial charge in [0.15, 0.2) is 0 Å². The van der Waals surface area contributed by atoms with Crippen molar-refractivity contribution in [2.24, 2.45) is 0 Å². The Kier molecular flexibility index (Phi) is 6.81. The highest BCUT2D eigenvalue weighted by Crippen LogP contribution is 2.28. The summed E-state index contributed by atoms with van der Waals surface area (Å²) in [6.07, 6.45) is 0. The number of ether oxygens (including phenoxy) is 2. The molecule has 162 valence electrons. The van der Waals surface area contributed by atoms with E-state index in [4.69, 9.17) is 9.47 Å². The number of carbonyl (C=O) groups is 1. The van der Waals surface area contributed by atoms with Crippen LogP contribution in [0.2, 0.25) is 0 Å². The van der Waals surface area contributed by atoms with Crippen molar-refractivity contribution < 1.29 is 22.7 Å². The first kappa shape index (κ1) is 22.2. The fourth-order valence-electron chi connectivity index (χ4n) is 3.09. The fourth-order valence-corrected chi connectivity index (χ4v) is 4.30. The Morgan fingerprint density at radius 1 is 0.871 bits per heavy atom. The predicted octanol–water partition coefficient (Wildman–Crippen LogP) is 3.46. The molecule has 0 unspecified atom stereocenters. The molecule has 31 heavy (non-hydrogen) atoms. The summed E-state index contributed by atoms with van der Waals surface area (Å²) >= 11 is 0. The molecule has 0 aliphatic heterocycles. The summed E-state index contributed by atoms with van der Waals surface area (Å²) < 4.78 is 37.4. The molecule has 8 heteroatoms. The van der Waals surface area contributed by atoms with Gasteiger partial charge in [-0.2, -0.15) is 0 Å². The Balaban J connectivity index is 1.73. The third-order valence-electron chi connectivity index (χ3n) is 4.85. The maximum atomic E-state index is 12.8. The van der Waals surface area contributed by atoms with Gasteiger partial charge in [-0.05, 0) is 48.5 Å². The molecule has 0 aromatic heterocycles. The molecule has 0 radical (unpaired) electrons. The van der Waals surface area contributed by atoms with Gasteiger partial charge in [0.2, 0.25) is 0 Å². The summed E-state index contributed by atoms with van der Waals surface area (Å²) in [6.45, 7) is 0.218. The maximum Gasteiger partial charge on any atom is 0.264 e. The van der Waals surface area contributed by atoms with Gasteiger partial charge in [-0.25, -0.2) is 8.42 Å². The maximum absolute atomic E-state index is 12.8. The standard InChI is InChI=1S/C23H24N2O5S/c1-25(31(27,28)19-8-5-4-6-9-19)18-14-12-17(13-15-18)23(26)24-16-20-21(29-2)10-7-11-22(20)30-3/h4-15H,16H2,1-3H3,(H,24,26). The van der Waals surface area contributed by atoms with Gasteiger partial charge in [-0.3, -0.25) is 9.10 Å². The van der Waals surface area contributed by atoms with E-state index in [1.165, 1.54) is 11.4 Å². The highest BCUT2D eigenvalue weighted by Gasteiger charge is 2.21. The second-order valence-electron chi connectivity index (χ2n) is 6.66. The van der Waals surface area contributed by atoms with Crippen LogP contribution in [0, 0.1) is 0 Å². The summed E-state index contributed by atoms with van der Waals surface area (Å²) in [5.74, 6) is 0.929. The topological polar surface area (TPSA) is 84.9 Å². The van der Waals surface area contributed by atoms with Crippen LogP contribution in [-0.4, -0.2) is 35.6 Å². The predicted molar refractivity (Wildman–Crippen MR) is 119 cm³/mol. The van der Waals surface area contributed by atoms with Gasteiger partial charge in [0.05, 0.1) is 36.9 Å². The zero-order chi connectivity index (χ0) is 22.4. The third kappa shape index (κ3) is 4.80. The smallest absolute Gasteiger partial charge is 0.264 e. The zero-order valence-electron chi connectivity index (χ0n) is 17.5. The molecule has 3 aromatic carbocycles. The lowest BCUT2D eigenvalue weighted by molar-refractivity contribution is 0.0950. The molecule has 1 amide bonds. The van der Waals surface area contributed by atoms with E-state index in [2.05, 4.69) is 5.32 Å². The highest BCUT2D eigenvalue weighted by molar-refractivity contribution is 7.92. The van der Waals surface area contributed by atoms with Crippen molar-refractivity contribution in [2.75, 3.05) is 25.6 Å². The minimum atomic E-state index is -3.68. The Bertz CT molecular complexity index is 1120. The van der Waals surface area contributed by atoms with E-state index in [-0.39, 0.29) is 17.3 Å². The van der Waals surface area contributed by atoms with Crippen LogP contribution in [0.1, 0.15) is 15.9 Å². The number of carbonyl (C=O) groups excluding carboxylic acids is 1. The van der Waals surface area contributed by atoms with E-state index in [0.29, 0.717) is 22.7 Å². The van der Waals surface area contributed by atoms with E-state index in [1.54, 1.807) is 80.9 Å². The molecule has 0 saturated heterocycles. The molecule has 0 saturated carbocycles. The quantitative estimate of drug-likeness (QED) is 0.580. The third-order valence-corrected chi connectivity index (χ3v) is 6.65. The van der Waals surface area contributed by atoms with Crippen LogP contribution in [0.5, 0.6) is 11.5 Å². The second-order valence-corrected chi connectivity index (χ2v) is 8.63. The lowest BCUT2D eigenvalue weighted by Gasteiger charge is -2.19. The minimum Gasteiger partial charge on any atom is -0.496 e. The van der Waals surface area contributed by atoms with Crippen molar-refractivity contribution in [2.45, 2.75) is 11.4 Å². The first-order valence-corrected chi connectivity index (χ1v) is 10.9. The number of benzene rings is 3. The van der Waals surface area contributed by atoms with Crippen LogP contribution >= 0.6 is 0 Å². The van der Waals surface area contributed by atoms with Gasteiger partial charge < -0.3 is 14.8 Å². The number of anilines is 1. The molecule has 1 N–H and O–H groups in total. The lowest BCUT2D eigenvalue weighted by Crippen LogP contribution is -2.27. The number of rotatable bonds is 8. The molecule has 7 nitrogen and oxygen atoms in total. The summed E-state index contributed by atoms with van der Waals surface area (Å²) in [7, 11) is 0.905. The van der Waals surface area contributed by atoms with E-state index in [1.807, 2.05) is 6.07 Å². The monoisotopic (exact) mass is 440 g/mol. The zero-order valence-corrected chi connectivity index (χ0v) is 18.3. The molecule has 0 aliphatic rings. The van der Waals surface area contributed by atoms with Crippen molar-refractivity contribution in [1.82, 2.24) is 5.32 Å². The molecule has 3 aromatic rings. The number of methoxy groups -OCH3 is 2. The summed E-state index contributed by atoms with van der Waals surface area (Å²) in [6, 6.07) is 19.9. The van der Waals surface area contributed by atoms with Gasteiger partial charge in [0.1, 0.15) is 11.5 Å². The highest BCUT2D eigenvalue weighted by atomic mass is 32.2. The van der Waals surface area contributed by atoms with Crippen LogP contribution in [0.4, 0.5) is 5.69 Å². The van der Waals surface area contributed by atoms with Crippen LogP contribution in [-0.2, 0) is 16.6 Å². The van der Waals surface area contributed by atoms with Crippen LogP contribution in [0.3, 0.4) is 0 Å². The molecule has 0 bridgehead atoms. The summed E-state index contributed by atoms with van der Waals surface area (Å²) in [5.41, 5.74) is 1.58. The first-order valence-electron chi connectivity index (χ1n) is 9.50. The number of nitrogens with one attached hydrogen (secondary N) is 1. The van der Waals surface area contributed by atoms with E-state index < -0.39 is 10.0 Å². The Morgan fingerprint density at radius 2 is 1.45 bits per heavy atom. The van der Waals surface area contributed by atoms with Crippen molar-refractivity contribution in [3.05, 3.63) is 83.9 Å². The Hall–Kier alpha value is -3.52. The summed E-state index contributed by atoms with van der Waals surface area (Å²) in [4.78, 5) is 12.8. The SMILES string of the molecule is COc1cccc(OC)c1CNC(=O)c1ccc(N(C)S(=O)(=O)c2ccccc2)cc1. The summed E-state index contributed by atoms with van der Waals surface area (Å²) in [5, 5.41) is 2.84. The van der Waals surface area contributed by atoms with Gasteiger partial charge in [0, 0.05) is 12.6 Å². The van der Waals surface area contributed by atoms with E-state index in [0.717, 1.165) is 5.56 Å². The van der Waals surface area contributed by atoms with Crippen LogP contribution in [0.15, 0.2) is 77.7 Å². The minimum absolute atomic E-state index is 0.199. The van der Waals surface area contributed by atoms with Crippen LogP contribution < -0.4 is 19.1 Å². The number of nitrogens with zero attached hydrogens (tertiary/aromatic N) is 1. The first-order chi connectivity index (χ1) is 14.9. The van der Waals surface area contributed by atoms with Gasteiger partial charge >= 0.3 is 0 Å². The molecule has 0 heterocycles. The van der Waals surface area contributed by atoms with Crippen molar-refractivity contribution in [1.29, 1.82) is 0 Å². The molecule has 0 aliphatic carbocycles. The number of amides is 1. The molecular weight excluding hydrogens is 416 g/mol. The average molecular weight is 441 g/mol.